The molecule has 4 nitrogen and oxygen atoms in total. The summed E-state index contributed by atoms with van der Waals surface area (Å²) in [6, 6.07) is 1.70. The topological polar surface area (TPSA) is 46.6 Å². The molecule has 0 N–H and O–H groups in total. The van der Waals surface area contributed by atoms with E-state index in [9.17, 15) is 8.42 Å². The molecule has 0 bridgehead atoms. The van der Waals surface area contributed by atoms with Gasteiger partial charge in [0.05, 0.1) is 12.7 Å². The molecule has 1 aromatic rings. The summed E-state index contributed by atoms with van der Waals surface area (Å²) in [4.78, 5) is 0. The predicted molar refractivity (Wildman–Crippen MR) is 75.4 cm³/mol. The van der Waals surface area contributed by atoms with E-state index in [1.807, 2.05) is 13.8 Å². The summed E-state index contributed by atoms with van der Waals surface area (Å²) in [6.45, 7) is 4.78. The Hall–Kier alpha value is 0.0500. The lowest BCUT2D eigenvalue weighted by Crippen LogP contribution is -2.51. The number of ether oxygens (including phenoxy) is 1. The fourth-order valence-electron chi connectivity index (χ4n) is 2.00. The van der Waals surface area contributed by atoms with Crippen LogP contribution in [0.15, 0.2) is 20.1 Å². The SMILES string of the molecule is CCC1COC(C)CN1S(=O)(=O)c1sccc1Br. The lowest BCUT2D eigenvalue weighted by atomic mass is 10.2. The fourth-order valence-corrected chi connectivity index (χ4v) is 6.19. The largest absolute Gasteiger partial charge is 0.375 e. The zero-order chi connectivity index (χ0) is 13.3. The molecule has 1 aliphatic rings. The number of halogens is 1. The molecule has 2 atom stereocenters. The van der Waals surface area contributed by atoms with Crippen LogP contribution in [0.4, 0.5) is 0 Å². The molecule has 1 fully saturated rings. The van der Waals surface area contributed by atoms with E-state index in [0.29, 0.717) is 21.8 Å². The number of thiophene rings is 1. The molecule has 2 heterocycles. The predicted octanol–water partition coefficient (Wildman–Crippen LogP) is 2.70. The Balaban J connectivity index is 2.36. The summed E-state index contributed by atoms with van der Waals surface area (Å²) in [5.74, 6) is 0. The number of rotatable bonds is 3. The van der Waals surface area contributed by atoms with Crippen molar-refractivity contribution in [2.24, 2.45) is 0 Å². The van der Waals surface area contributed by atoms with E-state index in [1.54, 1.807) is 15.8 Å². The molecule has 0 aliphatic carbocycles. The molecule has 0 amide bonds. The molecule has 2 rings (SSSR count). The van der Waals surface area contributed by atoms with Crippen LogP contribution < -0.4 is 0 Å². The maximum atomic E-state index is 12.6. The molecule has 0 radical (unpaired) electrons. The molecule has 0 aromatic carbocycles. The van der Waals surface area contributed by atoms with E-state index >= 15 is 0 Å². The van der Waals surface area contributed by atoms with E-state index in [0.717, 1.165) is 6.42 Å². The number of hydrogen-bond acceptors (Lipinski definition) is 4. The van der Waals surface area contributed by atoms with Crippen LogP contribution in [0.2, 0.25) is 0 Å². The number of hydrogen-bond donors (Lipinski definition) is 0. The second-order valence-corrected chi connectivity index (χ2v) is 8.19. The maximum absolute atomic E-state index is 12.6. The zero-order valence-electron chi connectivity index (χ0n) is 10.3. The summed E-state index contributed by atoms with van der Waals surface area (Å²) in [5.41, 5.74) is 0. The molecule has 7 heteroatoms. The van der Waals surface area contributed by atoms with E-state index in [-0.39, 0.29) is 12.1 Å². The molecule has 2 unspecified atom stereocenters. The van der Waals surface area contributed by atoms with Gasteiger partial charge in [0.15, 0.2) is 0 Å². The quantitative estimate of drug-likeness (QED) is 0.839. The average molecular weight is 354 g/mol. The maximum Gasteiger partial charge on any atom is 0.254 e. The third kappa shape index (κ3) is 2.65. The lowest BCUT2D eigenvalue weighted by molar-refractivity contribution is -0.0229. The summed E-state index contributed by atoms with van der Waals surface area (Å²) < 4.78 is 33.4. The van der Waals surface area contributed by atoms with Crippen LogP contribution in [0.25, 0.3) is 0 Å². The zero-order valence-corrected chi connectivity index (χ0v) is 13.5. The highest BCUT2D eigenvalue weighted by Gasteiger charge is 2.37. The van der Waals surface area contributed by atoms with E-state index in [1.165, 1.54) is 11.3 Å². The molecular formula is C11H16BrNO3S2. The molecule has 0 spiro atoms. The van der Waals surface area contributed by atoms with Crippen molar-refractivity contribution in [2.75, 3.05) is 13.2 Å². The van der Waals surface area contributed by atoms with Gasteiger partial charge in [0.1, 0.15) is 4.21 Å². The van der Waals surface area contributed by atoms with Gasteiger partial charge in [-0.1, -0.05) is 6.92 Å². The minimum atomic E-state index is -3.42. The smallest absolute Gasteiger partial charge is 0.254 e. The van der Waals surface area contributed by atoms with Crippen molar-refractivity contribution in [3.05, 3.63) is 15.9 Å². The lowest BCUT2D eigenvalue weighted by Gasteiger charge is -2.36. The molecular weight excluding hydrogens is 338 g/mol. The Morgan fingerprint density at radius 3 is 2.89 bits per heavy atom. The minimum absolute atomic E-state index is 0.0543. The van der Waals surface area contributed by atoms with Crippen LogP contribution in [0.3, 0.4) is 0 Å². The van der Waals surface area contributed by atoms with E-state index in [4.69, 9.17) is 4.74 Å². The fraction of sp³-hybridized carbons (Fsp3) is 0.636. The molecule has 102 valence electrons. The van der Waals surface area contributed by atoms with Crippen molar-refractivity contribution in [1.82, 2.24) is 4.31 Å². The molecule has 18 heavy (non-hydrogen) atoms. The van der Waals surface area contributed by atoms with E-state index < -0.39 is 10.0 Å². The first-order valence-electron chi connectivity index (χ1n) is 5.83. The first-order chi connectivity index (χ1) is 8.46. The van der Waals surface area contributed by atoms with Crippen molar-refractivity contribution in [3.8, 4) is 0 Å². The van der Waals surface area contributed by atoms with Crippen molar-refractivity contribution < 1.29 is 13.2 Å². The third-order valence-electron chi connectivity index (χ3n) is 3.02. The van der Waals surface area contributed by atoms with Gasteiger partial charge in [0.2, 0.25) is 0 Å². The minimum Gasteiger partial charge on any atom is -0.375 e. The number of morpholine rings is 1. The number of nitrogens with zero attached hydrogens (tertiary/aromatic N) is 1. The van der Waals surface area contributed by atoms with Crippen LogP contribution in [0, 0.1) is 0 Å². The van der Waals surface area contributed by atoms with Crippen molar-refractivity contribution in [2.45, 2.75) is 36.6 Å². The second-order valence-electron chi connectivity index (χ2n) is 4.34. The van der Waals surface area contributed by atoms with Crippen molar-refractivity contribution in [1.29, 1.82) is 0 Å². The monoisotopic (exact) mass is 353 g/mol. The van der Waals surface area contributed by atoms with Gasteiger partial charge in [0, 0.05) is 17.1 Å². The summed E-state index contributed by atoms with van der Waals surface area (Å²) in [6.07, 6.45) is 0.705. The Labute approximate surface area is 120 Å². The van der Waals surface area contributed by atoms with Crippen LogP contribution in [0.1, 0.15) is 20.3 Å². The highest BCUT2D eigenvalue weighted by molar-refractivity contribution is 9.10. The van der Waals surface area contributed by atoms with Crippen LogP contribution in [-0.2, 0) is 14.8 Å². The average Bonchev–Trinajstić information content (AvgIpc) is 2.76. The Morgan fingerprint density at radius 2 is 2.33 bits per heavy atom. The molecule has 1 saturated heterocycles. The second kappa shape index (κ2) is 5.58. The van der Waals surface area contributed by atoms with Gasteiger partial charge in [0.25, 0.3) is 10.0 Å². The van der Waals surface area contributed by atoms with Crippen LogP contribution in [0.5, 0.6) is 0 Å². The van der Waals surface area contributed by atoms with Crippen LogP contribution >= 0.6 is 27.3 Å². The van der Waals surface area contributed by atoms with Crippen molar-refractivity contribution in [3.63, 3.8) is 0 Å². The Bertz CT molecular complexity index is 514. The normalized spacial score (nSPS) is 26.4. The van der Waals surface area contributed by atoms with Gasteiger partial charge >= 0.3 is 0 Å². The third-order valence-corrected chi connectivity index (χ3v) is 7.58. The summed E-state index contributed by atoms with van der Waals surface area (Å²) in [7, 11) is -3.42. The van der Waals surface area contributed by atoms with Gasteiger partial charge in [-0.3, -0.25) is 0 Å². The van der Waals surface area contributed by atoms with Crippen molar-refractivity contribution >= 4 is 37.3 Å². The standard InChI is InChI=1S/C11H16BrNO3S2/c1-3-9-7-16-8(2)6-13(9)18(14,15)11-10(12)4-5-17-11/h4-5,8-9H,3,6-7H2,1-2H3. The first kappa shape index (κ1) is 14.5. The van der Waals surface area contributed by atoms with Gasteiger partial charge in [-0.2, -0.15) is 4.31 Å². The van der Waals surface area contributed by atoms with E-state index in [2.05, 4.69) is 15.9 Å². The molecule has 0 saturated carbocycles. The summed E-state index contributed by atoms with van der Waals surface area (Å²) in [5, 5.41) is 1.78. The van der Waals surface area contributed by atoms with Gasteiger partial charge in [-0.05, 0) is 40.7 Å². The first-order valence-corrected chi connectivity index (χ1v) is 8.94. The Morgan fingerprint density at radius 1 is 1.61 bits per heavy atom. The molecule has 1 aliphatic heterocycles. The Kier molecular flexibility index (Phi) is 4.48. The highest BCUT2D eigenvalue weighted by atomic mass is 79.9. The van der Waals surface area contributed by atoms with Gasteiger partial charge in [-0.25, -0.2) is 8.42 Å². The van der Waals surface area contributed by atoms with Crippen LogP contribution in [-0.4, -0.2) is 38.0 Å². The van der Waals surface area contributed by atoms with Gasteiger partial charge < -0.3 is 4.74 Å². The summed E-state index contributed by atoms with van der Waals surface area (Å²) >= 11 is 4.55. The number of sulfonamides is 1. The highest BCUT2D eigenvalue weighted by Crippen LogP contribution is 2.32. The van der Waals surface area contributed by atoms with Gasteiger partial charge in [-0.15, -0.1) is 11.3 Å². The molecule has 1 aromatic heterocycles.